The number of hydrogen-bond donors (Lipinski definition) is 2. The molecule has 1 aliphatic rings. The minimum Gasteiger partial charge on any atom is -0.453 e. The van der Waals surface area contributed by atoms with E-state index in [4.69, 9.17) is 4.52 Å². The Bertz CT molecular complexity index is 763. The van der Waals surface area contributed by atoms with Gasteiger partial charge in [0.1, 0.15) is 0 Å². The van der Waals surface area contributed by atoms with Crippen LogP contribution in [0.3, 0.4) is 0 Å². The fraction of sp³-hybridized carbons (Fsp3) is 0.333. The summed E-state index contributed by atoms with van der Waals surface area (Å²) in [6, 6.07) is 1.59. The predicted octanol–water partition coefficient (Wildman–Crippen LogP) is 0.451. The van der Waals surface area contributed by atoms with E-state index >= 15 is 0 Å². The van der Waals surface area contributed by atoms with Crippen molar-refractivity contribution in [2.45, 2.75) is 12.5 Å². The predicted molar refractivity (Wildman–Crippen MR) is 72.1 cm³/mol. The van der Waals surface area contributed by atoms with Crippen molar-refractivity contribution in [3.05, 3.63) is 34.5 Å². The summed E-state index contributed by atoms with van der Waals surface area (Å²) in [5, 5.41) is 5.73. The van der Waals surface area contributed by atoms with Gasteiger partial charge < -0.3 is 14.6 Å². The van der Waals surface area contributed by atoms with E-state index < -0.39 is 11.8 Å². The molecule has 0 radical (unpaired) electrons. The summed E-state index contributed by atoms with van der Waals surface area (Å²) in [6.07, 6.45) is 4.13. The number of amides is 1. The SMILES string of the molecule is COC(=O)Nc1cc(C2CC=CCN2)nc2nc(=O)on12. The third-order valence-corrected chi connectivity index (χ3v) is 3.07. The van der Waals surface area contributed by atoms with Crippen molar-refractivity contribution in [3.63, 3.8) is 0 Å². The number of carbonyl (C=O) groups excluding carboxylic acids is 1. The third kappa shape index (κ3) is 2.63. The molecule has 0 fully saturated rings. The van der Waals surface area contributed by atoms with Crippen molar-refractivity contribution in [2.75, 3.05) is 19.0 Å². The molecule has 0 aromatic carbocycles. The van der Waals surface area contributed by atoms with Crippen LogP contribution >= 0.6 is 0 Å². The van der Waals surface area contributed by atoms with Gasteiger partial charge in [-0.05, 0) is 6.42 Å². The molecular formula is C12H13N5O4. The van der Waals surface area contributed by atoms with Gasteiger partial charge >= 0.3 is 11.8 Å². The van der Waals surface area contributed by atoms with Crippen LogP contribution in [0.15, 0.2) is 27.5 Å². The Labute approximate surface area is 118 Å². The van der Waals surface area contributed by atoms with E-state index in [1.807, 2.05) is 12.2 Å². The number of aromatic nitrogens is 3. The number of rotatable bonds is 2. The number of ether oxygens (including phenoxy) is 1. The highest BCUT2D eigenvalue weighted by Crippen LogP contribution is 2.21. The van der Waals surface area contributed by atoms with Crippen molar-refractivity contribution < 1.29 is 14.1 Å². The van der Waals surface area contributed by atoms with E-state index in [2.05, 4.69) is 25.3 Å². The zero-order chi connectivity index (χ0) is 14.8. The zero-order valence-electron chi connectivity index (χ0n) is 11.2. The number of anilines is 1. The topological polar surface area (TPSA) is 111 Å². The van der Waals surface area contributed by atoms with Crippen LogP contribution in [0.5, 0.6) is 0 Å². The number of carbonyl (C=O) groups is 1. The van der Waals surface area contributed by atoms with E-state index in [1.54, 1.807) is 6.07 Å². The first kappa shape index (κ1) is 13.3. The highest BCUT2D eigenvalue weighted by molar-refractivity contribution is 5.83. The van der Waals surface area contributed by atoms with Crippen molar-refractivity contribution in [1.82, 2.24) is 19.9 Å². The normalized spacial score (nSPS) is 17.9. The van der Waals surface area contributed by atoms with Crippen LogP contribution in [0.2, 0.25) is 0 Å². The molecule has 2 N–H and O–H groups in total. The summed E-state index contributed by atoms with van der Waals surface area (Å²) < 4.78 is 10.5. The lowest BCUT2D eigenvalue weighted by Gasteiger charge is -2.19. The van der Waals surface area contributed by atoms with Crippen molar-refractivity contribution in [3.8, 4) is 0 Å². The molecular weight excluding hydrogens is 278 g/mol. The van der Waals surface area contributed by atoms with E-state index in [9.17, 15) is 9.59 Å². The number of nitrogens with zero attached hydrogens (tertiary/aromatic N) is 3. The van der Waals surface area contributed by atoms with Crippen LogP contribution in [0, 0.1) is 0 Å². The standard InChI is InChI=1S/C12H13N5O4/c1-20-11(18)15-9-6-8(7-4-2-3-5-13-7)14-10-16-12(19)21-17(9)10/h2-3,6-7,13H,4-5H2,1H3,(H,15,18). The lowest BCUT2D eigenvalue weighted by Crippen LogP contribution is -2.25. The molecule has 21 heavy (non-hydrogen) atoms. The summed E-state index contributed by atoms with van der Waals surface area (Å²) in [5.41, 5.74) is 0.652. The van der Waals surface area contributed by atoms with Crippen LogP contribution in [0.4, 0.5) is 10.6 Å². The van der Waals surface area contributed by atoms with Crippen LogP contribution in [-0.2, 0) is 4.74 Å². The van der Waals surface area contributed by atoms with Gasteiger partial charge in [-0.1, -0.05) is 12.2 Å². The maximum Gasteiger partial charge on any atom is 0.461 e. The molecule has 9 heteroatoms. The molecule has 1 amide bonds. The van der Waals surface area contributed by atoms with Gasteiger partial charge in [0.2, 0.25) is 0 Å². The van der Waals surface area contributed by atoms with Gasteiger partial charge in [-0.2, -0.15) is 0 Å². The monoisotopic (exact) mass is 291 g/mol. The van der Waals surface area contributed by atoms with Crippen LogP contribution in [0.25, 0.3) is 5.78 Å². The van der Waals surface area contributed by atoms with Crippen LogP contribution in [-0.4, -0.2) is 34.3 Å². The minimum absolute atomic E-state index is 0.0231. The molecule has 9 nitrogen and oxygen atoms in total. The van der Waals surface area contributed by atoms with Gasteiger partial charge in [-0.3, -0.25) is 5.32 Å². The maximum absolute atomic E-state index is 11.4. The number of nitrogens with one attached hydrogen (secondary N) is 2. The summed E-state index contributed by atoms with van der Waals surface area (Å²) in [7, 11) is 1.24. The Morgan fingerprint density at radius 1 is 1.52 bits per heavy atom. The Morgan fingerprint density at radius 2 is 2.38 bits per heavy atom. The molecule has 3 rings (SSSR count). The minimum atomic E-state index is -0.788. The quantitative estimate of drug-likeness (QED) is 0.773. The van der Waals surface area contributed by atoms with Crippen LogP contribution < -0.4 is 16.4 Å². The third-order valence-electron chi connectivity index (χ3n) is 3.07. The van der Waals surface area contributed by atoms with Crippen molar-refractivity contribution >= 4 is 17.7 Å². The van der Waals surface area contributed by atoms with E-state index in [-0.39, 0.29) is 17.6 Å². The van der Waals surface area contributed by atoms with Gasteiger partial charge in [-0.25, -0.2) is 14.6 Å². The molecule has 0 aliphatic carbocycles. The molecule has 110 valence electrons. The van der Waals surface area contributed by atoms with E-state index in [0.29, 0.717) is 5.69 Å². The molecule has 0 saturated carbocycles. The van der Waals surface area contributed by atoms with Crippen molar-refractivity contribution in [2.24, 2.45) is 0 Å². The Hall–Kier alpha value is -2.68. The number of fused-ring (bicyclic) bond motifs is 1. The summed E-state index contributed by atoms with van der Waals surface area (Å²) in [6.45, 7) is 0.725. The number of methoxy groups -OCH3 is 1. The summed E-state index contributed by atoms with van der Waals surface area (Å²) >= 11 is 0. The molecule has 0 bridgehead atoms. The molecule has 3 heterocycles. The highest BCUT2D eigenvalue weighted by Gasteiger charge is 2.19. The summed E-state index contributed by atoms with van der Waals surface area (Å²) in [4.78, 5) is 30.6. The first-order chi connectivity index (χ1) is 10.2. The zero-order valence-corrected chi connectivity index (χ0v) is 11.2. The van der Waals surface area contributed by atoms with Gasteiger partial charge in [0.15, 0.2) is 5.82 Å². The number of hydrogen-bond acceptors (Lipinski definition) is 7. The Balaban J connectivity index is 2.07. The largest absolute Gasteiger partial charge is 0.461 e. The fourth-order valence-electron chi connectivity index (χ4n) is 2.10. The molecule has 1 unspecified atom stereocenters. The van der Waals surface area contributed by atoms with Gasteiger partial charge in [0.25, 0.3) is 5.78 Å². The van der Waals surface area contributed by atoms with E-state index in [1.165, 1.54) is 7.11 Å². The highest BCUT2D eigenvalue weighted by atomic mass is 16.5. The lowest BCUT2D eigenvalue weighted by molar-refractivity contribution is 0.186. The first-order valence-corrected chi connectivity index (χ1v) is 6.32. The van der Waals surface area contributed by atoms with E-state index in [0.717, 1.165) is 17.5 Å². The maximum atomic E-state index is 11.4. The molecule has 2 aromatic rings. The Morgan fingerprint density at radius 3 is 3.10 bits per heavy atom. The van der Waals surface area contributed by atoms with Gasteiger partial charge in [-0.15, -0.1) is 9.56 Å². The fourth-order valence-corrected chi connectivity index (χ4v) is 2.10. The molecule has 1 aliphatic heterocycles. The smallest absolute Gasteiger partial charge is 0.453 e. The first-order valence-electron chi connectivity index (χ1n) is 6.32. The molecule has 2 aromatic heterocycles. The molecule has 1 atom stereocenters. The second kappa shape index (κ2) is 5.37. The van der Waals surface area contributed by atoms with Gasteiger partial charge in [0.05, 0.1) is 18.8 Å². The Kier molecular flexibility index (Phi) is 3.40. The molecule has 0 saturated heterocycles. The second-order valence-electron chi connectivity index (χ2n) is 4.41. The average Bonchev–Trinajstić information content (AvgIpc) is 2.88. The van der Waals surface area contributed by atoms with Gasteiger partial charge in [0, 0.05) is 12.6 Å². The average molecular weight is 291 g/mol. The lowest BCUT2D eigenvalue weighted by atomic mass is 10.1. The summed E-state index contributed by atoms with van der Waals surface area (Å²) in [5.74, 6) is -0.475. The van der Waals surface area contributed by atoms with Crippen molar-refractivity contribution in [1.29, 1.82) is 0 Å². The molecule has 0 spiro atoms. The van der Waals surface area contributed by atoms with Crippen LogP contribution in [0.1, 0.15) is 18.2 Å². The second-order valence-corrected chi connectivity index (χ2v) is 4.41.